The number of rotatable bonds is 7. The molecule has 2 aliphatic rings. The zero-order valence-corrected chi connectivity index (χ0v) is 17.0. The SMILES string of the molecule is CCOC(=O)COC1(c2cccc(Cl)c2)C(CCO)=CC2=C(CCCC2)C1N. The van der Waals surface area contributed by atoms with Gasteiger partial charge >= 0.3 is 5.97 Å². The molecule has 0 amide bonds. The molecule has 3 rings (SSSR count). The van der Waals surface area contributed by atoms with Gasteiger partial charge in [0.25, 0.3) is 0 Å². The van der Waals surface area contributed by atoms with Gasteiger partial charge in [-0.1, -0.05) is 29.8 Å². The summed E-state index contributed by atoms with van der Waals surface area (Å²) in [7, 11) is 0. The third-order valence-corrected chi connectivity index (χ3v) is 5.79. The molecule has 2 atom stereocenters. The van der Waals surface area contributed by atoms with Gasteiger partial charge < -0.3 is 20.3 Å². The maximum Gasteiger partial charge on any atom is 0.332 e. The van der Waals surface area contributed by atoms with E-state index in [1.807, 2.05) is 18.2 Å². The highest BCUT2D eigenvalue weighted by atomic mass is 35.5. The van der Waals surface area contributed by atoms with Crippen molar-refractivity contribution in [3.63, 3.8) is 0 Å². The standard InChI is InChI=1S/C22H28ClNO4/c1-2-27-20(26)14-28-22(16-7-5-8-18(23)13-16)17(10-11-25)12-15-6-3-4-9-19(15)21(22)24/h5,7-8,12-13,21,25H,2-4,6,9-11,14,24H2,1H3. The molecule has 28 heavy (non-hydrogen) atoms. The van der Waals surface area contributed by atoms with Gasteiger partial charge in [-0.3, -0.25) is 0 Å². The second-order valence-electron chi connectivity index (χ2n) is 7.22. The van der Waals surface area contributed by atoms with Crippen molar-refractivity contribution in [2.75, 3.05) is 19.8 Å². The fourth-order valence-electron chi connectivity index (χ4n) is 4.34. The molecular weight excluding hydrogens is 378 g/mol. The minimum atomic E-state index is -1.06. The Hall–Kier alpha value is -1.66. The summed E-state index contributed by atoms with van der Waals surface area (Å²) in [4.78, 5) is 12.1. The molecule has 0 bridgehead atoms. The number of allylic oxidation sites excluding steroid dienone is 2. The molecule has 2 aliphatic carbocycles. The summed E-state index contributed by atoms with van der Waals surface area (Å²) in [5.74, 6) is -0.442. The van der Waals surface area contributed by atoms with Crippen LogP contribution in [0, 0.1) is 0 Å². The summed E-state index contributed by atoms with van der Waals surface area (Å²) in [5.41, 5.74) is 9.83. The lowest BCUT2D eigenvalue weighted by atomic mass is 9.68. The van der Waals surface area contributed by atoms with E-state index in [2.05, 4.69) is 6.08 Å². The Morgan fingerprint density at radius 1 is 1.36 bits per heavy atom. The number of aliphatic hydroxyl groups is 1. The van der Waals surface area contributed by atoms with Crippen molar-refractivity contribution in [3.05, 3.63) is 57.6 Å². The molecule has 1 aromatic rings. The fraction of sp³-hybridized carbons (Fsp3) is 0.500. The predicted octanol–water partition coefficient (Wildman–Crippen LogP) is 3.64. The molecule has 2 unspecified atom stereocenters. The number of hydrogen-bond donors (Lipinski definition) is 2. The Morgan fingerprint density at radius 2 is 2.14 bits per heavy atom. The first-order chi connectivity index (χ1) is 13.5. The number of carbonyl (C=O) groups excluding carboxylic acids is 1. The van der Waals surface area contributed by atoms with Gasteiger partial charge in [0.2, 0.25) is 0 Å². The van der Waals surface area contributed by atoms with Gasteiger partial charge in [-0.15, -0.1) is 0 Å². The first-order valence-electron chi connectivity index (χ1n) is 9.88. The van der Waals surface area contributed by atoms with E-state index in [0.717, 1.165) is 42.4 Å². The number of esters is 1. The zero-order chi connectivity index (χ0) is 20.1. The third-order valence-electron chi connectivity index (χ3n) is 5.55. The van der Waals surface area contributed by atoms with E-state index >= 15 is 0 Å². The molecule has 0 saturated carbocycles. The number of nitrogens with two attached hydrogens (primary N) is 1. The first kappa shape index (κ1) is 21.1. The Balaban J connectivity index is 2.11. The summed E-state index contributed by atoms with van der Waals surface area (Å²) in [6, 6.07) is 6.92. The lowest BCUT2D eigenvalue weighted by molar-refractivity contribution is -0.155. The van der Waals surface area contributed by atoms with Crippen molar-refractivity contribution in [1.29, 1.82) is 0 Å². The van der Waals surface area contributed by atoms with Crippen molar-refractivity contribution in [2.45, 2.75) is 50.7 Å². The zero-order valence-electron chi connectivity index (χ0n) is 16.2. The van der Waals surface area contributed by atoms with Crippen molar-refractivity contribution in [2.24, 2.45) is 5.73 Å². The van der Waals surface area contributed by atoms with Crippen LogP contribution in [0.25, 0.3) is 0 Å². The van der Waals surface area contributed by atoms with E-state index in [0.29, 0.717) is 11.4 Å². The molecule has 152 valence electrons. The van der Waals surface area contributed by atoms with Crippen LogP contribution in [0.4, 0.5) is 0 Å². The molecule has 0 aromatic heterocycles. The number of hydrogen-bond acceptors (Lipinski definition) is 5. The molecule has 1 aromatic carbocycles. The van der Waals surface area contributed by atoms with Gasteiger partial charge in [0, 0.05) is 11.6 Å². The molecule has 3 N–H and O–H groups in total. The smallest absolute Gasteiger partial charge is 0.332 e. The second-order valence-corrected chi connectivity index (χ2v) is 7.65. The molecule has 0 aliphatic heterocycles. The molecule has 0 heterocycles. The normalized spacial score (nSPS) is 24.6. The highest BCUT2D eigenvalue weighted by Gasteiger charge is 2.48. The van der Waals surface area contributed by atoms with Crippen LogP contribution >= 0.6 is 11.6 Å². The Morgan fingerprint density at radius 3 is 2.86 bits per heavy atom. The molecular formula is C22H28ClNO4. The minimum Gasteiger partial charge on any atom is -0.464 e. The average Bonchev–Trinajstić information content (AvgIpc) is 2.68. The Kier molecular flexibility index (Phi) is 6.94. The largest absolute Gasteiger partial charge is 0.464 e. The van der Waals surface area contributed by atoms with Gasteiger partial charge in [0.15, 0.2) is 0 Å². The van der Waals surface area contributed by atoms with E-state index in [1.165, 1.54) is 5.57 Å². The third kappa shape index (κ3) is 4.03. The van der Waals surface area contributed by atoms with Crippen molar-refractivity contribution in [3.8, 4) is 0 Å². The number of ether oxygens (including phenoxy) is 2. The van der Waals surface area contributed by atoms with Crippen LogP contribution in [0.1, 0.15) is 44.6 Å². The Labute approximate surface area is 171 Å². The number of carbonyl (C=O) groups is 1. The van der Waals surface area contributed by atoms with Crippen LogP contribution in [0.15, 0.2) is 47.1 Å². The summed E-state index contributed by atoms with van der Waals surface area (Å²) >= 11 is 6.28. The first-order valence-corrected chi connectivity index (χ1v) is 10.3. The average molecular weight is 406 g/mol. The summed E-state index contributed by atoms with van der Waals surface area (Å²) < 4.78 is 11.3. The van der Waals surface area contributed by atoms with Gasteiger partial charge in [-0.25, -0.2) is 4.79 Å². The van der Waals surface area contributed by atoms with Crippen molar-refractivity contribution < 1.29 is 19.4 Å². The van der Waals surface area contributed by atoms with Gasteiger partial charge in [0.05, 0.1) is 12.6 Å². The lowest BCUT2D eigenvalue weighted by Gasteiger charge is -2.46. The van der Waals surface area contributed by atoms with Crippen LogP contribution in [0.2, 0.25) is 5.02 Å². The predicted molar refractivity (Wildman–Crippen MR) is 109 cm³/mol. The van der Waals surface area contributed by atoms with Crippen LogP contribution in [-0.2, 0) is 19.9 Å². The van der Waals surface area contributed by atoms with E-state index in [1.54, 1.807) is 13.0 Å². The topological polar surface area (TPSA) is 81.8 Å². The van der Waals surface area contributed by atoms with E-state index in [9.17, 15) is 9.90 Å². The van der Waals surface area contributed by atoms with Crippen molar-refractivity contribution in [1.82, 2.24) is 0 Å². The quantitative estimate of drug-likeness (QED) is 0.677. The van der Waals surface area contributed by atoms with Crippen LogP contribution in [0.3, 0.4) is 0 Å². The van der Waals surface area contributed by atoms with Gasteiger partial charge in [-0.05, 0) is 73.4 Å². The van der Waals surface area contributed by atoms with E-state index in [-0.39, 0.29) is 19.8 Å². The molecule has 0 fully saturated rings. The monoisotopic (exact) mass is 405 g/mol. The van der Waals surface area contributed by atoms with E-state index in [4.69, 9.17) is 26.8 Å². The van der Waals surface area contributed by atoms with Crippen LogP contribution in [-0.4, -0.2) is 36.9 Å². The number of halogens is 1. The Bertz CT molecular complexity index is 788. The molecule has 0 saturated heterocycles. The summed E-state index contributed by atoms with van der Waals surface area (Å²) in [6.07, 6.45) is 6.60. The lowest BCUT2D eigenvalue weighted by Crippen LogP contribution is -2.53. The molecule has 0 spiro atoms. The summed E-state index contributed by atoms with van der Waals surface area (Å²) in [6.45, 7) is 1.78. The van der Waals surface area contributed by atoms with E-state index < -0.39 is 17.6 Å². The highest BCUT2D eigenvalue weighted by Crippen LogP contribution is 2.48. The maximum absolute atomic E-state index is 12.1. The minimum absolute atomic E-state index is 0.0355. The maximum atomic E-state index is 12.1. The highest BCUT2D eigenvalue weighted by molar-refractivity contribution is 6.30. The summed E-state index contributed by atoms with van der Waals surface area (Å²) in [5, 5.41) is 10.3. The molecule has 5 nitrogen and oxygen atoms in total. The number of benzene rings is 1. The fourth-order valence-corrected chi connectivity index (χ4v) is 4.53. The van der Waals surface area contributed by atoms with Crippen LogP contribution in [0.5, 0.6) is 0 Å². The van der Waals surface area contributed by atoms with Gasteiger partial charge in [-0.2, -0.15) is 0 Å². The van der Waals surface area contributed by atoms with Crippen molar-refractivity contribution >= 4 is 17.6 Å². The molecule has 0 radical (unpaired) electrons. The number of aliphatic hydroxyl groups excluding tert-OH is 1. The van der Waals surface area contributed by atoms with Crippen LogP contribution < -0.4 is 5.73 Å². The molecule has 6 heteroatoms. The van der Waals surface area contributed by atoms with Gasteiger partial charge in [0.1, 0.15) is 12.2 Å². The second kappa shape index (κ2) is 9.23.